The Morgan fingerprint density at radius 1 is 0.949 bits per heavy atom. The SMILES string of the molecule is COc1ccc(C(=O)N(C)[C@@H]2CN(C(=O)c3cc(Cl)nc(Cl)c3)CC2c2ccc(Cl)c(Cl)c2)cc1C(F)(F)F. The summed E-state index contributed by atoms with van der Waals surface area (Å²) in [5, 5.41) is 0.681. The van der Waals surface area contributed by atoms with Gasteiger partial charge in [-0.3, -0.25) is 9.59 Å². The van der Waals surface area contributed by atoms with Crippen LogP contribution in [-0.4, -0.2) is 59.9 Å². The molecule has 1 saturated heterocycles. The van der Waals surface area contributed by atoms with Crippen LogP contribution in [0.5, 0.6) is 5.75 Å². The Labute approximate surface area is 242 Å². The summed E-state index contributed by atoms with van der Waals surface area (Å²) in [5.74, 6) is -1.91. The quantitative estimate of drug-likeness (QED) is 0.285. The van der Waals surface area contributed by atoms with E-state index in [1.807, 2.05) is 0 Å². The molecule has 206 valence electrons. The van der Waals surface area contributed by atoms with E-state index in [1.54, 1.807) is 18.2 Å². The minimum Gasteiger partial charge on any atom is -0.496 e. The highest BCUT2D eigenvalue weighted by Crippen LogP contribution is 2.38. The van der Waals surface area contributed by atoms with E-state index in [0.29, 0.717) is 10.6 Å². The number of likely N-dealkylation sites (tertiary alicyclic amines) is 1. The van der Waals surface area contributed by atoms with Crippen LogP contribution in [0.1, 0.15) is 37.8 Å². The van der Waals surface area contributed by atoms with Crippen LogP contribution in [0.25, 0.3) is 0 Å². The lowest BCUT2D eigenvalue weighted by atomic mass is 9.93. The van der Waals surface area contributed by atoms with Crippen LogP contribution in [0.4, 0.5) is 13.2 Å². The maximum absolute atomic E-state index is 13.6. The third kappa shape index (κ3) is 6.22. The number of carbonyl (C=O) groups excluding carboxylic acids is 2. The van der Waals surface area contributed by atoms with Crippen LogP contribution < -0.4 is 4.74 Å². The second kappa shape index (κ2) is 11.4. The van der Waals surface area contributed by atoms with Crippen LogP contribution >= 0.6 is 46.4 Å². The first kappa shape index (κ1) is 29.3. The van der Waals surface area contributed by atoms with Gasteiger partial charge in [-0.15, -0.1) is 0 Å². The van der Waals surface area contributed by atoms with Crippen molar-refractivity contribution in [1.29, 1.82) is 0 Å². The van der Waals surface area contributed by atoms with Crippen molar-refractivity contribution < 1.29 is 27.5 Å². The van der Waals surface area contributed by atoms with Gasteiger partial charge in [-0.05, 0) is 48.0 Å². The molecule has 0 aliphatic carbocycles. The molecule has 0 N–H and O–H groups in total. The highest BCUT2D eigenvalue weighted by Gasteiger charge is 2.41. The van der Waals surface area contributed by atoms with Gasteiger partial charge in [0.05, 0.1) is 28.8 Å². The van der Waals surface area contributed by atoms with Gasteiger partial charge in [-0.2, -0.15) is 13.2 Å². The van der Waals surface area contributed by atoms with Crippen LogP contribution in [0.2, 0.25) is 20.4 Å². The number of hydrogen-bond donors (Lipinski definition) is 0. The maximum atomic E-state index is 13.6. The number of aromatic nitrogens is 1. The number of pyridine rings is 1. The summed E-state index contributed by atoms with van der Waals surface area (Å²) in [6, 6.07) is 10.2. The number of nitrogens with zero attached hydrogens (tertiary/aromatic N) is 3. The van der Waals surface area contributed by atoms with Crippen LogP contribution in [0.3, 0.4) is 0 Å². The predicted molar refractivity (Wildman–Crippen MR) is 143 cm³/mol. The van der Waals surface area contributed by atoms with E-state index in [1.165, 1.54) is 35.0 Å². The number of methoxy groups -OCH3 is 1. The van der Waals surface area contributed by atoms with Gasteiger partial charge in [0.25, 0.3) is 11.8 Å². The average molecular weight is 621 g/mol. The van der Waals surface area contributed by atoms with Crippen LogP contribution in [0, 0.1) is 0 Å². The first-order chi connectivity index (χ1) is 18.3. The number of ether oxygens (including phenoxy) is 1. The molecule has 0 bridgehead atoms. The van der Waals surface area contributed by atoms with Crippen LogP contribution in [0.15, 0.2) is 48.5 Å². The number of likely N-dealkylation sites (N-methyl/N-ethyl adjacent to an activating group) is 1. The summed E-state index contributed by atoms with van der Waals surface area (Å²) in [5.41, 5.74) is -0.357. The third-order valence-corrected chi connectivity index (χ3v) is 7.65. The monoisotopic (exact) mass is 619 g/mol. The second-order valence-electron chi connectivity index (χ2n) is 8.89. The number of carbonyl (C=O) groups is 2. The fraction of sp³-hybridized carbons (Fsp3) is 0.269. The Hall–Kier alpha value is -2.72. The van der Waals surface area contributed by atoms with Crippen molar-refractivity contribution in [3.05, 3.63) is 91.1 Å². The smallest absolute Gasteiger partial charge is 0.419 e. The summed E-state index contributed by atoms with van der Waals surface area (Å²) >= 11 is 24.3. The van der Waals surface area contributed by atoms with E-state index in [4.69, 9.17) is 51.1 Å². The molecule has 1 aromatic heterocycles. The van der Waals surface area contributed by atoms with E-state index in [2.05, 4.69) is 4.98 Å². The zero-order valence-electron chi connectivity index (χ0n) is 20.4. The van der Waals surface area contributed by atoms with Gasteiger partial charge in [0, 0.05) is 37.2 Å². The molecular formula is C26H20Cl4F3N3O3. The highest BCUT2D eigenvalue weighted by atomic mass is 35.5. The molecule has 2 heterocycles. The number of alkyl halides is 3. The van der Waals surface area contributed by atoms with Crippen molar-refractivity contribution in [2.45, 2.75) is 18.1 Å². The van der Waals surface area contributed by atoms with E-state index in [-0.39, 0.29) is 39.5 Å². The molecule has 39 heavy (non-hydrogen) atoms. The molecule has 6 nitrogen and oxygen atoms in total. The number of rotatable bonds is 5. The number of halogens is 7. The van der Waals surface area contributed by atoms with Crippen molar-refractivity contribution in [3.8, 4) is 5.75 Å². The summed E-state index contributed by atoms with van der Waals surface area (Å²) in [4.78, 5) is 33.5. The topological polar surface area (TPSA) is 62.7 Å². The summed E-state index contributed by atoms with van der Waals surface area (Å²) in [6.45, 7) is 0.249. The summed E-state index contributed by atoms with van der Waals surface area (Å²) < 4.78 is 45.6. The number of amides is 2. The minimum absolute atomic E-state index is 0.0369. The molecule has 3 aromatic rings. The fourth-order valence-corrected chi connectivity index (χ4v) is 5.37. The predicted octanol–water partition coefficient (Wildman–Crippen LogP) is 7.10. The zero-order chi connectivity index (χ0) is 28.6. The molecular weight excluding hydrogens is 601 g/mol. The molecule has 2 amide bonds. The Morgan fingerprint density at radius 3 is 2.21 bits per heavy atom. The molecule has 2 aromatic carbocycles. The van der Waals surface area contributed by atoms with Crippen molar-refractivity contribution in [2.24, 2.45) is 0 Å². The molecule has 1 unspecified atom stereocenters. The van der Waals surface area contributed by atoms with Gasteiger partial charge in [0.2, 0.25) is 0 Å². The molecule has 13 heteroatoms. The molecule has 1 fully saturated rings. The lowest BCUT2D eigenvalue weighted by Crippen LogP contribution is -2.42. The zero-order valence-corrected chi connectivity index (χ0v) is 23.4. The molecule has 0 radical (unpaired) electrons. The first-order valence-electron chi connectivity index (χ1n) is 11.4. The van der Waals surface area contributed by atoms with E-state index >= 15 is 0 Å². The van der Waals surface area contributed by atoms with Gasteiger partial charge in [-0.25, -0.2) is 4.98 Å². The Morgan fingerprint density at radius 2 is 1.62 bits per heavy atom. The Kier molecular flexibility index (Phi) is 8.56. The molecule has 1 aliphatic heterocycles. The molecule has 4 rings (SSSR count). The van der Waals surface area contributed by atoms with Crippen molar-refractivity contribution in [2.75, 3.05) is 27.2 Å². The summed E-state index contributed by atoms with van der Waals surface area (Å²) in [7, 11) is 2.59. The Balaban J connectivity index is 1.70. The standard InChI is InChI=1S/C26H20Cl4F3N3O3/c1-35(24(37)14-4-6-21(39-2)17(7-14)26(31,32)33)20-12-36(25(38)15-9-22(29)34-23(30)10-15)11-16(20)13-3-5-18(27)19(28)8-13/h3-10,16,20H,11-12H2,1-2H3/t16?,20-/m1/s1. The van der Waals surface area contributed by atoms with Crippen molar-refractivity contribution >= 4 is 58.2 Å². The number of benzene rings is 2. The largest absolute Gasteiger partial charge is 0.496 e. The second-order valence-corrected chi connectivity index (χ2v) is 10.5. The van der Waals surface area contributed by atoms with E-state index in [0.717, 1.165) is 19.2 Å². The lowest BCUT2D eigenvalue weighted by molar-refractivity contribution is -0.138. The molecule has 0 spiro atoms. The maximum Gasteiger partial charge on any atom is 0.419 e. The van der Waals surface area contributed by atoms with Gasteiger partial charge < -0.3 is 14.5 Å². The van der Waals surface area contributed by atoms with Gasteiger partial charge in [0.1, 0.15) is 16.1 Å². The van der Waals surface area contributed by atoms with E-state index in [9.17, 15) is 22.8 Å². The van der Waals surface area contributed by atoms with Crippen LogP contribution in [-0.2, 0) is 6.18 Å². The van der Waals surface area contributed by atoms with Crippen molar-refractivity contribution in [3.63, 3.8) is 0 Å². The highest BCUT2D eigenvalue weighted by molar-refractivity contribution is 6.42. The molecule has 0 saturated carbocycles. The lowest BCUT2D eigenvalue weighted by Gasteiger charge is -2.29. The normalized spacial score (nSPS) is 17.3. The fourth-order valence-electron chi connectivity index (χ4n) is 4.60. The first-order valence-corrected chi connectivity index (χ1v) is 12.9. The van der Waals surface area contributed by atoms with Crippen molar-refractivity contribution in [1.82, 2.24) is 14.8 Å². The molecule has 2 atom stereocenters. The average Bonchev–Trinajstić information content (AvgIpc) is 3.33. The number of hydrogen-bond acceptors (Lipinski definition) is 4. The third-order valence-electron chi connectivity index (χ3n) is 6.53. The van der Waals surface area contributed by atoms with Gasteiger partial charge in [-0.1, -0.05) is 52.5 Å². The molecule has 1 aliphatic rings. The van der Waals surface area contributed by atoms with E-state index < -0.39 is 41.3 Å². The van der Waals surface area contributed by atoms with Gasteiger partial charge in [0.15, 0.2) is 0 Å². The van der Waals surface area contributed by atoms with Gasteiger partial charge >= 0.3 is 6.18 Å². The summed E-state index contributed by atoms with van der Waals surface area (Å²) in [6.07, 6.45) is -4.73. The Bertz CT molecular complexity index is 1420. The minimum atomic E-state index is -4.73.